The van der Waals surface area contributed by atoms with E-state index >= 15 is 0 Å². The van der Waals surface area contributed by atoms with Crippen LogP contribution in [0.2, 0.25) is 0 Å². The first-order chi connectivity index (χ1) is 11.4. The van der Waals surface area contributed by atoms with E-state index in [0.29, 0.717) is 19.0 Å². The molecule has 0 aliphatic heterocycles. The second kappa shape index (κ2) is 8.71. The van der Waals surface area contributed by atoms with Crippen molar-refractivity contribution in [2.75, 3.05) is 26.8 Å². The van der Waals surface area contributed by atoms with Crippen LogP contribution < -0.4 is 4.74 Å². The van der Waals surface area contributed by atoms with E-state index in [9.17, 15) is 5.11 Å². The number of phenols is 1. The van der Waals surface area contributed by atoms with Crippen molar-refractivity contribution < 1.29 is 14.6 Å². The summed E-state index contributed by atoms with van der Waals surface area (Å²) in [5.74, 6) is 0.844. The Labute approximate surface area is 144 Å². The fraction of sp³-hybridized carbons (Fsp3) is 0.400. The first-order valence-corrected chi connectivity index (χ1v) is 8.23. The van der Waals surface area contributed by atoms with E-state index in [1.807, 2.05) is 26.0 Å². The molecule has 2 rings (SSSR count). The van der Waals surface area contributed by atoms with Gasteiger partial charge in [0.05, 0.1) is 13.2 Å². The molecule has 0 fully saturated rings. The number of phenolic OH excluding ortho intramolecular Hbond substituents is 1. The quantitative estimate of drug-likeness (QED) is 0.712. The van der Waals surface area contributed by atoms with E-state index in [0.717, 1.165) is 13.1 Å². The molecule has 24 heavy (non-hydrogen) atoms. The Kier molecular flexibility index (Phi) is 6.64. The number of ether oxygens (including phenoxy) is 2. The van der Waals surface area contributed by atoms with Gasteiger partial charge in [-0.1, -0.05) is 36.4 Å². The molecule has 0 aliphatic rings. The predicted molar refractivity (Wildman–Crippen MR) is 96.4 cm³/mol. The van der Waals surface area contributed by atoms with Gasteiger partial charge < -0.3 is 14.6 Å². The number of nitrogens with zero attached hydrogens (tertiary/aromatic N) is 1. The Morgan fingerprint density at radius 2 is 1.79 bits per heavy atom. The standard InChI is InChI=1S/C20H27NO3/c1-20(2,24-19-11-7-10-18(22)14-19)16-23-13-12-21(3)15-17-8-5-4-6-9-17/h4-11,14,22H,12-13,15-16H2,1-3H3. The van der Waals surface area contributed by atoms with E-state index in [1.165, 1.54) is 5.56 Å². The van der Waals surface area contributed by atoms with Crippen molar-refractivity contribution in [1.82, 2.24) is 4.90 Å². The summed E-state index contributed by atoms with van der Waals surface area (Å²) in [6, 6.07) is 17.2. The van der Waals surface area contributed by atoms with Crippen LogP contribution in [-0.2, 0) is 11.3 Å². The lowest BCUT2D eigenvalue weighted by atomic mass is 10.1. The van der Waals surface area contributed by atoms with Crippen molar-refractivity contribution in [1.29, 1.82) is 0 Å². The summed E-state index contributed by atoms with van der Waals surface area (Å²) >= 11 is 0. The van der Waals surface area contributed by atoms with Gasteiger partial charge in [0, 0.05) is 19.2 Å². The molecule has 0 unspecified atom stereocenters. The Balaban J connectivity index is 1.69. The monoisotopic (exact) mass is 329 g/mol. The van der Waals surface area contributed by atoms with Crippen LogP contribution >= 0.6 is 0 Å². The number of hydrogen-bond donors (Lipinski definition) is 1. The molecule has 1 N–H and O–H groups in total. The summed E-state index contributed by atoms with van der Waals surface area (Å²) in [7, 11) is 2.09. The first kappa shape index (κ1) is 18.3. The van der Waals surface area contributed by atoms with Crippen LogP contribution in [-0.4, -0.2) is 42.4 Å². The van der Waals surface area contributed by atoms with Crippen LogP contribution in [0.15, 0.2) is 54.6 Å². The zero-order valence-corrected chi connectivity index (χ0v) is 14.7. The third-order valence-corrected chi connectivity index (χ3v) is 3.57. The molecule has 2 aromatic carbocycles. The fourth-order valence-electron chi connectivity index (χ4n) is 2.41. The van der Waals surface area contributed by atoms with Crippen LogP contribution in [0.3, 0.4) is 0 Å². The van der Waals surface area contributed by atoms with Crippen molar-refractivity contribution in [2.24, 2.45) is 0 Å². The normalized spacial score (nSPS) is 11.7. The summed E-state index contributed by atoms with van der Waals surface area (Å²) in [6.07, 6.45) is 0. The summed E-state index contributed by atoms with van der Waals surface area (Å²) < 4.78 is 11.7. The van der Waals surface area contributed by atoms with Gasteiger partial charge in [-0.05, 0) is 38.6 Å². The second-order valence-corrected chi connectivity index (χ2v) is 6.64. The lowest BCUT2D eigenvalue weighted by Gasteiger charge is -2.27. The molecule has 0 atom stereocenters. The van der Waals surface area contributed by atoms with Crippen LogP contribution in [0, 0.1) is 0 Å². The molecule has 0 spiro atoms. The van der Waals surface area contributed by atoms with Gasteiger partial charge in [0.2, 0.25) is 0 Å². The van der Waals surface area contributed by atoms with Gasteiger partial charge >= 0.3 is 0 Å². The third-order valence-electron chi connectivity index (χ3n) is 3.57. The summed E-state index contributed by atoms with van der Waals surface area (Å²) in [5, 5.41) is 9.49. The Bertz CT molecular complexity index is 613. The van der Waals surface area contributed by atoms with Crippen LogP contribution in [0.5, 0.6) is 11.5 Å². The van der Waals surface area contributed by atoms with Gasteiger partial charge in [-0.2, -0.15) is 0 Å². The molecule has 0 bridgehead atoms. The number of hydrogen-bond acceptors (Lipinski definition) is 4. The minimum Gasteiger partial charge on any atom is -0.508 e. The number of likely N-dealkylation sites (N-methyl/N-ethyl adjacent to an activating group) is 1. The topological polar surface area (TPSA) is 41.9 Å². The van der Waals surface area contributed by atoms with Gasteiger partial charge in [-0.15, -0.1) is 0 Å². The number of rotatable bonds is 9. The van der Waals surface area contributed by atoms with Gasteiger partial charge in [-0.25, -0.2) is 0 Å². The van der Waals surface area contributed by atoms with Crippen molar-refractivity contribution in [3.8, 4) is 11.5 Å². The first-order valence-electron chi connectivity index (χ1n) is 8.23. The minimum atomic E-state index is -0.453. The summed E-state index contributed by atoms with van der Waals surface area (Å²) in [6.45, 7) is 6.86. The van der Waals surface area contributed by atoms with Gasteiger partial charge in [-0.3, -0.25) is 4.90 Å². The Morgan fingerprint density at radius 1 is 1.04 bits per heavy atom. The smallest absolute Gasteiger partial charge is 0.127 e. The molecular weight excluding hydrogens is 302 g/mol. The van der Waals surface area contributed by atoms with Crippen molar-refractivity contribution >= 4 is 0 Å². The van der Waals surface area contributed by atoms with Gasteiger partial charge in [0.1, 0.15) is 17.1 Å². The highest BCUT2D eigenvalue weighted by Crippen LogP contribution is 2.22. The van der Waals surface area contributed by atoms with Gasteiger partial charge in [0.15, 0.2) is 0 Å². The van der Waals surface area contributed by atoms with Crippen molar-refractivity contribution in [2.45, 2.75) is 26.0 Å². The molecule has 4 heteroatoms. The fourth-order valence-corrected chi connectivity index (χ4v) is 2.41. The summed E-state index contributed by atoms with van der Waals surface area (Å²) in [5.41, 5.74) is 0.846. The minimum absolute atomic E-state index is 0.201. The third kappa shape index (κ3) is 6.60. The zero-order valence-electron chi connectivity index (χ0n) is 14.7. The van der Waals surface area contributed by atoms with E-state index in [2.05, 4.69) is 36.2 Å². The van der Waals surface area contributed by atoms with E-state index in [4.69, 9.17) is 9.47 Å². The maximum absolute atomic E-state index is 9.49. The number of aromatic hydroxyl groups is 1. The maximum Gasteiger partial charge on any atom is 0.127 e. The summed E-state index contributed by atoms with van der Waals surface area (Å²) in [4.78, 5) is 2.23. The molecule has 0 amide bonds. The molecule has 0 aromatic heterocycles. The highest BCUT2D eigenvalue weighted by Gasteiger charge is 2.20. The molecule has 2 aromatic rings. The Morgan fingerprint density at radius 3 is 2.50 bits per heavy atom. The number of benzene rings is 2. The van der Waals surface area contributed by atoms with Crippen molar-refractivity contribution in [3.05, 3.63) is 60.2 Å². The highest BCUT2D eigenvalue weighted by molar-refractivity contribution is 5.32. The van der Waals surface area contributed by atoms with Crippen LogP contribution in [0.4, 0.5) is 0 Å². The molecule has 0 radical (unpaired) electrons. The molecule has 130 valence electrons. The van der Waals surface area contributed by atoms with Crippen LogP contribution in [0.1, 0.15) is 19.4 Å². The predicted octanol–water partition coefficient (Wildman–Crippen LogP) is 3.70. The largest absolute Gasteiger partial charge is 0.508 e. The molecule has 0 heterocycles. The molecule has 0 saturated carbocycles. The lowest BCUT2D eigenvalue weighted by molar-refractivity contribution is -0.00829. The second-order valence-electron chi connectivity index (χ2n) is 6.64. The maximum atomic E-state index is 9.49. The van der Waals surface area contributed by atoms with E-state index in [-0.39, 0.29) is 5.75 Å². The SMILES string of the molecule is CN(CCOCC(C)(C)Oc1cccc(O)c1)Cc1ccccc1. The molecule has 0 aliphatic carbocycles. The lowest BCUT2D eigenvalue weighted by Crippen LogP contribution is -2.35. The molecule has 0 saturated heterocycles. The van der Waals surface area contributed by atoms with Crippen LogP contribution in [0.25, 0.3) is 0 Å². The Hall–Kier alpha value is -2.04. The van der Waals surface area contributed by atoms with E-state index < -0.39 is 5.60 Å². The van der Waals surface area contributed by atoms with E-state index in [1.54, 1.807) is 18.2 Å². The average Bonchev–Trinajstić information content (AvgIpc) is 2.52. The van der Waals surface area contributed by atoms with Crippen molar-refractivity contribution in [3.63, 3.8) is 0 Å². The zero-order chi connectivity index (χ0) is 17.4. The van der Waals surface area contributed by atoms with Gasteiger partial charge in [0.25, 0.3) is 0 Å². The molecular formula is C20H27NO3. The molecule has 4 nitrogen and oxygen atoms in total. The average molecular weight is 329 g/mol. The highest BCUT2D eigenvalue weighted by atomic mass is 16.5.